The third-order valence-electron chi connectivity index (χ3n) is 5.23. The van der Waals surface area contributed by atoms with Crippen LogP contribution in [-0.2, 0) is 4.79 Å². The molecule has 0 atom stereocenters. The summed E-state index contributed by atoms with van der Waals surface area (Å²) in [6.07, 6.45) is 0.969. The second kappa shape index (κ2) is 7.07. The number of benzene rings is 2. The molecule has 0 bridgehead atoms. The predicted octanol–water partition coefficient (Wildman–Crippen LogP) is 2.39. The summed E-state index contributed by atoms with van der Waals surface area (Å²) in [7, 11) is 1.58. The lowest BCUT2D eigenvalue weighted by Gasteiger charge is -2.37. The highest BCUT2D eigenvalue weighted by atomic mass is 19.1. The van der Waals surface area contributed by atoms with Crippen LogP contribution < -0.4 is 10.1 Å². The van der Waals surface area contributed by atoms with Crippen molar-refractivity contribution in [2.24, 2.45) is 4.99 Å². The third kappa shape index (κ3) is 3.24. The van der Waals surface area contributed by atoms with E-state index in [4.69, 9.17) is 4.74 Å². The number of piperidine rings is 1. The Hall–Kier alpha value is -3.22. The zero-order chi connectivity index (χ0) is 19.7. The van der Waals surface area contributed by atoms with Gasteiger partial charge in [-0.25, -0.2) is 4.39 Å². The summed E-state index contributed by atoms with van der Waals surface area (Å²) in [6.45, 7) is 0.791. The first kappa shape index (κ1) is 18.2. The number of rotatable bonds is 3. The van der Waals surface area contributed by atoms with Gasteiger partial charge in [0, 0.05) is 31.5 Å². The van der Waals surface area contributed by atoms with Crippen LogP contribution in [0.15, 0.2) is 53.5 Å². The second-order valence-corrected chi connectivity index (χ2v) is 6.95. The van der Waals surface area contributed by atoms with Crippen molar-refractivity contribution in [1.82, 2.24) is 10.2 Å². The van der Waals surface area contributed by atoms with Crippen LogP contribution in [0.4, 0.5) is 4.39 Å². The molecule has 0 unspecified atom stereocenters. The fraction of sp³-hybridized carbons (Fsp3) is 0.286. The molecule has 2 aromatic rings. The van der Waals surface area contributed by atoms with Gasteiger partial charge >= 0.3 is 0 Å². The van der Waals surface area contributed by atoms with Crippen LogP contribution in [0.3, 0.4) is 0 Å². The van der Waals surface area contributed by atoms with Gasteiger partial charge in [-0.05, 0) is 36.4 Å². The average molecular weight is 381 g/mol. The Labute approximate surface area is 162 Å². The summed E-state index contributed by atoms with van der Waals surface area (Å²) >= 11 is 0. The molecule has 4 rings (SSSR count). The van der Waals surface area contributed by atoms with E-state index < -0.39 is 11.5 Å². The SMILES string of the molecule is COc1ccc(C2=NC3(CCN(C(=O)c4ccccc4F)CC3)NC2=O)cc1. The summed E-state index contributed by atoms with van der Waals surface area (Å²) in [5.74, 6) is -0.380. The van der Waals surface area contributed by atoms with E-state index in [0.29, 0.717) is 37.4 Å². The Morgan fingerprint density at radius 3 is 2.46 bits per heavy atom. The fourth-order valence-electron chi connectivity index (χ4n) is 3.63. The number of aliphatic imine (C=N–C) groups is 1. The van der Waals surface area contributed by atoms with Crippen molar-refractivity contribution in [3.05, 3.63) is 65.5 Å². The highest BCUT2D eigenvalue weighted by molar-refractivity contribution is 6.46. The monoisotopic (exact) mass is 381 g/mol. The van der Waals surface area contributed by atoms with E-state index in [2.05, 4.69) is 10.3 Å². The van der Waals surface area contributed by atoms with Crippen LogP contribution in [0, 0.1) is 5.82 Å². The molecule has 28 heavy (non-hydrogen) atoms. The maximum absolute atomic E-state index is 13.9. The van der Waals surface area contributed by atoms with E-state index in [9.17, 15) is 14.0 Å². The zero-order valence-corrected chi connectivity index (χ0v) is 15.4. The van der Waals surface area contributed by atoms with Gasteiger partial charge in [0.2, 0.25) is 0 Å². The van der Waals surface area contributed by atoms with Crippen LogP contribution >= 0.6 is 0 Å². The molecular weight excluding hydrogens is 361 g/mol. The van der Waals surface area contributed by atoms with Gasteiger partial charge in [-0.3, -0.25) is 14.6 Å². The number of halogens is 1. The van der Waals surface area contributed by atoms with Crippen LogP contribution in [0.5, 0.6) is 5.75 Å². The normalized spacial score (nSPS) is 18.0. The Kier molecular flexibility index (Phi) is 4.58. The van der Waals surface area contributed by atoms with Crippen molar-refractivity contribution in [2.75, 3.05) is 20.2 Å². The highest BCUT2D eigenvalue weighted by Gasteiger charge is 2.43. The summed E-state index contributed by atoms with van der Waals surface area (Å²) in [4.78, 5) is 31.3. The molecule has 2 aliphatic heterocycles. The minimum Gasteiger partial charge on any atom is -0.497 e. The number of carbonyl (C=O) groups is 2. The van der Waals surface area contributed by atoms with Crippen molar-refractivity contribution in [1.29, 1.82) is 0 Å². The topological polar surface area (TPSA) is 71.0 Å². The molecule has 6 nitrogen and oxygen atoms in total. The van der Waals surface area contributed by atoms with Crippen LogP contribution in [0.1, 0.15) is 28.8 Å². The van der Waals surface area contributed by atoms with Gasteiger partial charge in [0.25, 0.3) is 11.8 Å². The minimum atomic E-state index is -0.710. The van der Waals surface area contributed by atoms with Crippen molar-refractivity contribution < 1.29 is 18.7 Å². The van der Waals surface area contributed by atoms with E-state index in [0.717, 1.165) is 5.56 Å². The highest BCUT2D eigenvalue weighted by Crippen LogP contribution is 2.30. The number of nitrogens with one attached hydrogen (secondary N) is 1. The molecule has 0 radical (unpaired) electrons. The van der Waals surface area contributed by atoms with Crippen LogP contribution in [0.25, 0.3) is 0 Å². The molecular formula is C21H20FN3O3. The molecule has 2 aromatic carbocycles. The summed E-state index contributed by atoms with van der Waals surface area (Å²) in [6, 6.07) is 13.1. The van der Waals surface area contributed by atoms with Gasteiger partial charge in [-0.1, -0.05) is 12.1 Å². The third-order valence-corrected chi connectivity index (χ3v) is 5.23. The maximum Gasteiger partial charge on any atom is 0.272 e. The molecule has 0 aliphatic carbocycles. The molecule has 1 N–H and O–H groups in total. The molecule has 2 aliphatic rings. The van der Waals surface area contributed by atoms with Crippen molar-refractivity contribution in [3.8, 4) is 5.75 Å². The van der Waals surface area contributed by atoms with E-state index >= 15 is 0 Å². The zero-order valence-electron chi connectivity index (χ0n) is 15.4. The molecule has 0 saturated carbocycles. The van der Waals surface area contributed by atoms with Gasteiger partial charge in [0.1, 0.15) is 22.9 Å². The summed E-state index contributed by atoms with van der Waals surface area (Å²) in [5.41, 5.74) is 0.464. The molecule has 2 heterocycles. The number of nitrogens with zero attached hydrogens (tertiary/aromatic N) is 2. The van der Waals surface area contributed by atoms with E-state index in [-0.39, 0.29) is 17.4 Å². The first-order valence-electron chi connectivity index (χ1n) is 9.12. The summed E-state index contributed by atoms with van der Waals surface area (Å²) < 4.78 is 19.0. The lowest BCUT2D eigenvalue weighted by Crippen LogP contribution is -2.52. The fourth-order valence-corrected chi connectivity index (χ4v) is 3.63. The Balaban J connectivity index is 1.49. The lowest BCUT2D eigenvalue weighted by molar-refractivity contribution is -0.115. The molecule has 0 aromatic heterocycles. The number of likely N-dealkylation sites (tertiary alicyclic amines) is 1. The van der Waals surface area contributed by atoms with E-state index in [1.165, 1.54) is 12.1 Å². The van der Waals surface area contributed by atoms with Gasteiger partial charge in [0.05, 0.1) is 12.7 Å². The smallest absolute Gasteiger partial charge is 0.272 e. The first-order chi connectivity index (χ1) is 13.5. The Morgan fingerprint density at radius 2 is 1.82 bits per heavy atom. The maximum atomic E-state index is 13.9. The molecule has 1 spiro atoms. The van der Waals surface area contributed by atoms with Crippen molar-refractivity contribution in [2.45, 2.75) is 18.5 Å². The molecule has 2 amide bonds. The second-order valence-electron chi connectivity index (χ2n) is 6.95. The predicted molar refractivity (Wildman–Crippen MR) is 102 cm³/mol. The Bertz CT molecular complexity index is 948. The van der Waals surface area contributed by atoms with Crippen LogP contribution in [0.2, 0.25) is 0 Å². The minimum absolute atomic E-state index is 0.0660. The number of carbonyl (C=O) groups excluding carboxylic acids is 2. The van der Waals surface area contributed by atoms with Gasteiger partial charge in [-0.15, -0.1) is 0 Å². The number of methoxy groups -OCH3 is 1. The molecule has 7 heteroatoms. The quantitative estimate of drug-likeness (QED) is 0.888. The van der Waals surface area contributed by atoms with Crippen molar-refractivity contribution in [3.63, 3.8) is 0 Å². The van der Waals surface area contributed by atoms with Crippen molar-refractivity contribution >= 4 is 17.5 Å². The number of hydrogen-bond donors (Lipinski definition) is 1. The number of amides is 2. The first-order valence-corrected chi connectivity index (χ1v) is 9.12. The number of hydrogen-bond acceptors (Lipinski definition) is 4. The molecule has 1 saturated heterocycles. The van der Waals surface area contributed by atoms with Crippen LogP contribution in [-0.4, -0.2) is 48.3 Å². The van der Waals surface area contributed by atoms with Gasteiger partial charge in [-0.2, -0.15) is 0 Å². The number of ether oxygens (including phenoxy) is 1. The standard InChI is InChI=1S/C21H20FN3O3/c1-28-15-8-6-14(7-9-15)18-19(26)24-21(23-18)10-12-25(13-11-21)20(27)16-4-2-3-5-17(16)22/h2-9H,10-13H2,1H3,(H,24,26). The van der Waals surface area contributed by atoms with Gasteiger partial charge in [0.15, 0.2) is 0 Å². The lowest BCUT2D eigenvalue weighted by atomic mass is 9.97. The molecule has 144 valence electrons. The average Bonchev–Trinajstić information content (AvgIpc) is 3.04. The van der Waals surface area contributed by atoms with Gasteiger partial charge < -0.3 is 15.0 Å². The van der Waals surface area contributed by atoms with E-state index in [1.807, 2.05) is 0 Å². The summed E-state index contributed by atoms with van der Waals surface area (Å²) in [5, 5.41) is 2.97. The van der Waals surface area contributed by atoms with E-state index in [1.54, 1.807) is 48.4 Å². The largest absolute Gasteiger partial charge is 0.497 e. The molecule has 1 fully saturated rings. The Morgan fingerprint density at radius 1 is 1.14 bits per heavy atom.